The molecule has 1 fully saturated rings. The molecule has 0 aliphatic heterocycles. The van der Waals surface area contributed by atoms with Crippen molar-refractivity contribution in [1.29, 1.82) is 0 Å². The average molecular weight is 395 g/mol. The zero-order chi connectivity index (χ0) is 18.9. The maximum atomic E-state index is 6.18. The highest BCUT2D eigenvalue weighted by Gasteiger charge is 2.26. The summed E-state index contributed by atoms with van der Waals surface area (Å²) in [5, 5.41) is 12.6. The van der Waals surface area contributed by atoms with Crippen LogP contribution in [0.25, 0.3) is 11.4 Å². The molecule has 7 heteroatoms. The van der Waals surface area contributed by atoms with Gasteiger partial charge in [0.25, 0.3) is 0 Å². The molecule has 2 aliphatic rings. The van der Waals surface area contributed by atoms with Crippen LogP contribution in [0, 0.1) is 0 Å². The fourth-order valence-electron chi connectivity index (χ4n) is 3.89. The highest BCUT2D eigenvalue weighted by Crippen LogP contribution is 2.35. The van der Waals surface area contributed by atoms with Crippen LogP contribution in [0.2, 0.25) is 5.02 Å². The molecule has 0 saturated heterocycles. The molecule has 5 rings (SSSR count). The minimum Gasteiger partial charge on any atom is -0.369 e. The van der Waals surface area contributed by atoms with Crippen LogP contribution < -0.4 is 5.32 Å². The van der Waals surface area contributed by atoms with Gasteiger partial charge in [-0.2, -0.15) is 0 Å². The number of benzene rings is 1. The second-order valence-corrected chi connectivity index (χ2v) is 8.04. The Bertz CT molecular complexity index is 994. The number of rotatable bonds is 6. The first-order valence-corrected chi connectivity index (χ1v) is 10.4. The Morgan fingerprint density at radius 1 is 1.14 bits per heavy atom. The number of hydrogen-bond acceptors (Lipinski definition) is 5. The summed E-state index contributed by atoms with van der Waals surface area (Å²) >= 11 is 6.18. The molecule has 28 heavy (non-hydrogen) atoms. The first-order chi connectivity index (χ1) is 13.8. The van der Waals surface area contributed by atoms with Gasteiger partial charge in [-0.1, -0.05) is 23.7 Å². The summed E-state index contributed by atoms with van der Waals surface area (Å²) in [5.74, 6) is 2.75. The highest BCUT2D eigenvalue weighted by molar-refractivity contribution is 6.30. The van der Waals surface area contributed by atoms with E-state index in [1.165, 1.54) is 36.9 Å². The molecule has 0 atom stereocenters. The number of anilines is 1. The van der Waals surface area contributed by atoms with Crippen molar-refractivity contribution in [2.45, 2.75) is 51.0 Å². The molecule has 1 N–H and O–H groups in total. The van der Waals surface area contributed by atoms with Crippen molar-refractivity contribution < 1.29 is 0 Å². The fraction of sp³-hybridized carbons (Fsp3) is 0.429. The molecule has 2 aliphatic carbocycles. The zero-order valence-corrected chi connectivity index (χ0v) is 16.5. The van der Waals surface area contributed by atoms with Gasteiger partial charge < -0.3 is 9.88 Å². The van der Waals surface area contributed by atoms with E-state index in [0.717, 1.165) is 48.8 Å². The molecule has 0 unspecified atom stereocenters. The Labute approximate surface area is 169 Å². The summed E-state index contributed by atoms with van der Waals surface area (Å²) in [7, 11) is 0. The van der Waals surface area contributed by atoms with Crippen molar-refractivity contribution in [1.82, 2.24) is 24.7 Å². The zero-order valence-electron chi connectivity index (χ0n) is 15.7. The quantitative estimate of drug-likeness (QED) is 0.676. The van der Waals surface area contributed by atoms with Gasteiger partial charge in [-0.25, -0.2) is 9.97 Å². The van der Waals surface area contributed by atoms with Gasteiger partial charge in [0.2, 0.25) is 0 Å². The van der Waals surface area contributed by atoms with Gasteiger partial charge in [0, 0.05) is 40.9 Å². The summed E-state index contributed by atoms with van der Waals surface area (Å²) in [6.45, 7) is 0.782. The highest BCUT2D eigenvalue weighted by atomic mass is 35.5. The molecule has 0 amide bonds. The third-order valence-electron chi connectivity index (χ3n) is 5.49. The van der Waals surface area contributed by atoms with Crippen molar-refractivity contribution in [3.63, 3.8) is 0 Å². The maximum Gasteiger partial charge on any atom is 0.161 e. The van der Waals surface area contributed by atoms with E-state index in [9.17, 15) is 0 Å². The Balaban J connectivity index is 1.39. The standard InChI is InChI=1S/C21H23ClN6/c22-15-5-3-4-14(12-15)20-25-18-7-2-1-6-17(18)21(26-20)23-11-10-19-27-24-13-28(19)16-8-9-16/h3-5,12-13,16H,1-2,6-11H2,(H,23,25,26). The van der Waals surface area contributed by atoms with Crippen molar-refractivity contribution in [2.24, 2.45) is 0 Å². The molecular weight excluding hydrogens is 372 g/mol. The lowest BCUT2D eigenvalue weighted by Gasteiger charge is -2.20. The van der Waals surface area contributed by atoms with Crippen LogP contribution in [0.5, 0.6) is 0 Å². The van der Waals surface area contributed by atoms with Gasteiger partial charge >= 0.3 is 0 Å². The predicted octanol–water partition coefficient (Wildman–Crippen LogP) is 4.26. The molecule has 0 spiro atoms. The van der Waals surface area contributed by atoms with Gasteiger partial charge in [-0.3, -0.25) is 0 Å². The molecule has 1 aromatic carbocycles. The summed E-state index contributed by atoms with van der Waals surface area (Å²) < 4.78 is 2.22. The number of nitrogens with one attached hydrogen (secondary N) is 1. The van der Waals surface area contributed by atoms with Crippen LogP contribution in [0.3, 0.4) is 0 Å². The largest absolute Gasteiger partial charge is 0.369 e. The number of hydrogen-bond donors (Lipinski definition) is 1. The molecule has 2 heterocycles. The summed E-state index contributed by atoms with van der Waals surface area (Å²) in [6, 6.07) is 8.36. The van der Waals surface area contributed by atoms with Gasteiger partial charge in [-0.05, 0) is 50.7 Å². The lowest BCUT2D eigenvalue weighted by molar-refractivity contribution is 0.662. The van der Waals surface area contributed by atoms with Gasteiger partial charge in [0.1, 0.15) is 18.0 Å². The number of aryl methyl sites for hydroxylation is 1. The van der Waals surface area contributed by atoms with E-state index >= 15 is 0 Å². The number of aromatic nitrogens is 5. The Morgan fingerprint density at radius 2 is 2.04 bits per heavy atom. The normalized spacial score (nSPS) is 16.0. The maximum absolute atomic E-state index is 6.18. The second-order valence-electron chi connectivity index (χ2n) is 7.60. The first kappa shape index (κ1) is 17.6. The lowest BCUT2D eigenvalue weighted by Crippen LogP contribution is -2.16. The first-order valence-electron chi connectivity index (χ1n) is 10.1. The van der Waals surface area contributed by atoms with Gasteiger partial charge in [-0.15, -0.1) is 10.2 Å². The number of nitrogens with zero attached hydrogens (tertiary/aromatic N) is 5. The van der Waals surface area contributed by atoms with Crippen molar-refractivity contribution in [3.05, 3.63) is 52.7 Å². The minimum absolute atomic E-state index is 0.603. The van der Waals surface area contributed by atoms with Crippen LogP contribution in [0.4, 0.5) is 5.82 Å². The van der Waals surface area contributed by atoms with Gasteiger partial charge in [0.05, 0.1) is 0 Å². The van der Waals surface area contributed by atoms with Crippen LogP contribution in [0.15, 0.2) is 30.6 Å². The Morgan fingerprint density at radius 3 is 2.89 bits per heavy atom. The topological polar surface area (TPSA) is 68.5 Å². The second kappa shape index (κ2) is 7.51. The monoisotopic (exact) mass is 394 g/mol. The lowest BCUT2D eigenvalue weighted by atomic mass is 9.96. The third-order valence-corrected chi connectivity index (χ3v) is 5.73. The molecular formula is C21H23ClN6. The van der Waals surface area contributed by atoms with E-state index in [1.807, 2.05) is 30.6 Å². The molecule has 2 aromatic heterocycles. The molecule has 0 bridgehead atoms. The van der Waals surface area contributed by atoms with E-state index in [4.69, 9.17) is 21.6 Å². The van der Waals surface area contributed by atoms with E-state index < -0.39 is 0 Å². The van der Waals surface area contributed by atoms with Crippen LogP contribution >= 0.6 is 11.6 Å². The van der Waals surface area contributed by atoms with Crippen molar-refractivity contribution in [3.8, 4) is 11.4 Å². The van der Waals surface area contributed by atoms with E-state index in [-0.39, 0.29) is 0 Å². The predicted molar refractivity (Wildman–Crippen MR) is 110 cm³/mol. The minimum atomic E-state index is 0.603. The van der Waals surface area contributed by atoms with Crippen molar-refractivity contribution in [2.75, 3.05) is 11.9 Å². The van der Waals surface area contributed by atoms with E-state index in [2.05, 4.69) is 20.1 Å². The number of halogens is 1. The Kier molecular flexibility index (Phi) is 4.72. The van der Waals surface area contributed by atoms with E-state index in [0.29, 0.717) is 11.1 Å². The molecule has 6 nitrogen and oxygen atoms in total. The molecule has 0 radical (unpaired) electrons. The average Bonchev–Trinajstić information content (AvgIpc) is 3.46. The SMILES string of the molecule is Clc1cccc(-c2nc3c(c(NCCc4nncn4C4CC4)n2)CCCC3)c1. The van der Waals surface area contributed by atoms with E-state index in [1.54, 1.807) is 0 Å². The molecule has 1 saturated carbocycles. The van der Waals surface area contributed by atoms with Crippen molar-refractivity contribution >= 4 is 17.4 Å². The molecule has 3 aromatic rings. The van der Waals surface area contributed by atoms with Gasteiger partial charge in [0.15, 0.2) is 5.82 Å². The fourth-order valence-corrected chi connectivity index (χ4v) is 4.08. The summed E-state index contributed by atoms with van der Waals surface area (Å²) in [5.41, 5.74) is 3.39. The van der Waals surface area contributed by atoms with Crippen LogP contribution in [-0.2, 0) is 19.3 Å². The van der Waals surface area contributed by atoms with Crippen LogP contribution in [0.1, 0.15) is 48.8 Å². The summed E-state index contributed by atoms with van der Waals surface area (Å²) in [6.07, 6.45) is 9.59. The van der Waals surface area contributed by atoms with Crippen LogP contribution in [-0.4, -0.2) is 31.3 Å². The third kappa shape index (κ3) is 3.61. The summed E-state index contributed by atoms with van der Waals surface area (Å²) in [4.78, 5) is 9.72. The Hall–Kier alpha value is -2.47. The number of fused-ring (bicyclic) bond motifs is 1. The smallest absolute Gasteiger partial charge is 0.161 e. The molecule has 144 valence electrons.